The van der Waals surface area contributed by atoms with Crippen LogP contribution in [0.2, 0.25) is 0 Å². The molecule has 0 radical (unpaired) electrons. The molecule has 5 nitrogen and oxygen atoms in total. The number of nitrogens with zero attached hydrogens (tertiary/aromatic N) is 1. The van der Waals surface area contributed by atoms with Gasteiger partial charge in [-0.2, -0.15) is 0 Å². The van der Waals surface area contributed by atoms with Gasteiger partial charge in [-0.1, -0.05) is 18.2 Å². The molecule has 0 bridgehead atoms. The number of nitrogens with one attached hydrogen (secondary N) is 1. The Morgan fingerprint density at radius 1 is 1.03 bits per heavy atom. The second kappa shape index (κ2) is 8.55. The number of amides is 1. The third-order valence-electron chi connectivity index (χ3n) is 4.58. The summed E-state index contributed by atoms with van der Waals surface area (Å²) < 4.78 is 12.2. The van der Waals surface area contributed by atoms with Gasteiger partial charge < -0.3 is 14.8 Å². The van der Waals surface area contributed by atoms with Crippen LogP contribution in [0, 0.1) is 13.8 Å². The minimum absolute atomic E-state index is 0.0859. The molecule has 0 aliphatic rings. The van der Waals surface area contributed by atoms with Gasteiger partial charge in [-0.15, -0.1) is 11.3 Å². The van der Waals surface area contributed by atoms with Crippen LogP contribution in [-0.2, 0) is 4.79 Å². The highest BCUT2D eigenvalue weighted by Crippen LogP contribution is 2.34. The maximum atomic E-state index is 12.5. The zero-order valence-electron chi connectivity index (χ0n) is 17.1. The van der Waals surface area contributed by atoms with E-state index in [1.54, 1.807) is 18.4 Å². The molecule has 4 aromatic rings. The number of fused-ring (bicyclic) bond motifs is 1. The SMILES string of the molecule is COc1ccc(-c2nc3ccccc3s2)cc1NC(=O)COc1cc(C)cc(C)c1. The fourth-order valence-corrected chi connectivity index (χ4v) is 4.25. The first-order valence-electron chi connectivity index (χ1n) is 9.57. The number of methoxy groups -OCH3 is 1. The lowest BCUT2D eigenvalue weighted by atomic mass is 10.1. The Hall–Kier alpha value is -3.38. The van der Waals surface area contributed by atoms with Gasteiger partial charge in [0, 0.05) is 5.56 Å². The van der Waals surface area contributed by atoms with Crippen molar-refractivity contribution in [1.29, 1.82) is 0 Å². The summed E-state index contributed by atoms with van der Waals surface area (Å²) >= 11 is 1.61. The molecule has 1 aromatic heterocycles. The number of anilines is 1. The number of aromatic nitrogens is 1. The minimum atomic E-state index is -0.256. The van der Waals surface area contributed by atoms with Gasteiger partial charge >= 0.3 is 0 Å². The summed E-state index contributed by atoms with van der Waals surface area (Å²) in [6.45, 7) is 3.91. The van der Waals surface area contributed by atoms with Crippen molar-refractivity contribution in [3.05, 3.63) is 71.8 Å². The molecule has 0 fully saturated rings. The fraction of sp³-hybridized carbons (Fsp3) is 0.167. The van der Waals surface area contributed by atoms with Crippen molar-refractivity contribution >= 4 is 33.1 Å². The normalized spacial score (nSPS) is 10.8. The largest absolute Gasteiger partial charge is 0.495 e. The summed E-state index contributed by atoms with van der Waals surface area (Å²) in [6, 6.07) is 19.6. The highest BCUT2D eigenvalue weighted by molar-refractivity contribution is 7.21. The first-order valence-corrected chi connectivity index (χ1v) is 10.4. The van der Waals surface area contributed by atoms with Gasteiger partial charge in [0.1, 0.15) is 16.5 Å². The Kier molecular flexibility index (Phi) is 5.68. The molecule has 1 amide bonds. The minimum Gasteiger partial charge on any atom is -0.495 e. The molecule has 152 valence electrons. The van der Waals surface area contributed by atoms with E-state index in [0.29, 0.717) is 17.2 Å². The van der Waals surface area contributed by atoms with Crippen LogP contribution >= 0.6 is 11.3 Å². The lowest BCUT2D eigenvalue weighted by Crippen LogP contribution is -2.20. The highest BCUT2D eigenvalue weighted by atomic mass is 32.1. The number of para-hydroxylation sites is 1. The lowest BCUT2D eigenvalue weighted by Gasteiger charge is -2.12. The number of benzene rings is 3. The Balaban J connectivity index is 1.52. The molecular weight excluding hydrogens is 396 g/mol. The van der Waals surface area contributed by atoms with Gasteiger partial charge in [0.15, 0.2) is 6.61 Å². The number of ether oxygens (including phenoxy) is 2. The molecule has 1 heterocycles. The van der Waals surface area contributed by atoms with Crippen LogP contribution in [0.3, 0.4) is 0 Å². The quantitative estimate of drug-likeness (QED) is 0.442. The molecule has 0 saturated carbocycles. The third-order valence-corrected chi connectivity index (χ3v) is 5.67. The second-order valence-corrected chi connectivity index (χ2v) is 8.09. The standard InChI is InChI=1S/C24H22N2O3S/c1-15-10-16(2)12-18(11-15)29-14-23(27)25-20-13-17(8-9-21(20)28-3)24-26-19-6-4-5-7-22(19)30-24/h4-13H,14H2,1-3H3,(H,25,27). The van der Waals surface area contributed by atoms with E-state index in [1.165, 1.54) is 0 Å². The van der Waals surface area contributed by atoms with E-state index in [2.05, 4.69) is 11.4 Å². The maximum Gasteiger partial charge on any atom is 0.262 e. The van der Waals surface area contributed by atoms with Crippen LogP contribution in [0.25, 0.3) is 20.8 Å². The smallest absolute Gasteiger partial charge is 0.262 e. The number of rotatable bonds is 6. The van der Waals surface area contributed by atoms with Gasteiger partial charge in [0.25, 0.3) is 5.91 Å². The van der Waals surface area contributed by atoms with Gasteiger partial charge in [-0.25, -0.2) is 4.98 Å². The fourth-order valence-electron chi connectivity index (χ4n) is 3.29. The van der Waals surface area contributed by atoms with Crippen molar-refractivity contribution in [1.82, 2.24) is 4.98 Å². The van der Waals surface area contributed by atoms with E-state index < -0.39 is 0 Å². The van der Waals surface area contributed by atoms with Crippen LogP contribution in [0.1, 0.15) is 11.1 Å². The first-order chi connectivity index (χ1) is 14.5. The number of hydrogen-bond donors (Lipinski definition) is 1. The van der Waals surface area contributed by atoms with Crippen molar-refractivity contribution in [3.8, 4) is 22.1 Å². The van der Waals surface area contributed by atoms with E-state index in [9.17, 15) is 4.79 Å². The Morgan fingerprint density at radius 2 is 1.80 bits per heavy atom. The summed E-state index contributed by atoms with van der Waals surface area (Å²) in [5.41, 5.74) is 4.65. The molecule has 3 aromatic carbocycles. The molecular formula is C24H22N2O3S. The summed E-state index contributed by atoms with van der Waals surface area (Å²) in [6.07, 6.45) is 0. The Labute approximate surface area is 179 Å². The van der Waals surface area contributed by atoms with Crippen LogP contribution in [0.15, 0.2) is 60.7 Å². The van der Waals surface area contributed by atoms with Crippen molar-refractivity contribution < 1.29 is 14.3 Å². The van der Waals surface area contributed by atoms with Crippen LogP contribution in [0.5, 0.6) is 11.5 Å². The summed E-state index contributed by atoms with van der Waals surface area (Å²) in [5.74, 6) is 1.01. The van der Waals surface area contributed by atoms with Crippen molar-refractivity contribution in [2.75, 3.05) is 19.0 Å². The van der Waals surface area contributed by atoms with Crippen LogP contribution < -0.4 is 14.8 Å². The Morgan fingerprint density at radius 3 is 2.53 bits per heavy atom. The number of carbonyl (C=O) groups is 1. The average molecular weight is 419 g/mol. The topological polar surface area (TPSA) is 60.5 Å². The first kappa shape index (κ1) is 19.9. The van der Waals surface area contributed by atoms with Gasteiger partial charge in [0.05, 0.1) is 23.0 Å². The number of hydrogen-bond acceptors (Lipinski definition) is 5. The predicted octanol–water partition coefficient (Wildman–Crippen LogP) is 5.61. The maximum absolute atomic E-state index is 12.5. The van der Waals surface area contributed by atoms with E-state index in [4.69, 9.17) is 14.5 Å². The monoisotopic (exact) mass is 418 g/mol. The van der Waals surface area contributed by atoms with Crippen LogP contribution in [0.4, 0.5) is 5.69 Å². The van der Waals surface area contributed by atoms with E-state index in [1.807, 2.05) is 68.4 Å². The molecule has 6 heteroatoms. The molecule has 0 saturated heterocycles. The number of carbonyl (C=O) groups excluding carboxylic acids is 1. The molecule has 0 unspecified atom stereocenters. The molecule has 30 heavy (non-hydrogen) atoms. The van der Waals surface area contributed by atoms with Gasteiger partial charge in [-0.3, -0.25) is 4.79 Å². The summed E-state index contributed by atoms with van der Waals surface area (Å²) in [7, 11) is 1.58. The molecule has 0 aliphatic heterocycles. The molecule has 0 atom stereocenters. The van der Waals surface area contributed by atoms with Gasteiger partial charge in [0.2, 0.25) is 0 Å². The molecule has 0 aliphatic carbocycles. The predicted molar refractivity (Wildman–Crippen MR) is 122 cm³/mol. The summed E-state index contributed by atoms with van der Waals surface area (Å²) in [4.78, 5) is 17.2. The van der Waals surface area contributed by atoms with Crippen molar-refractivity contribution in [2.45, 2.75) is 13.8 Å². The highest BCUT2D eigenvalue weighted by Gasteiger charge is 2.13. The number of thiazole rings is 1. The molecule has 1 N–H and O–H groups in total. The van der Waals surface area contributed by atoms with Crippen LogP contribution in [-0.4, -0.2) is 24.6 Å². The third kappa shape index (κ3) is 4.44. The van der Waals surface area contributed by atoms with Gasteiger partial charge in [-0.05, 0) is 67.4 Å². The number of aryl methyl sites for hydroxylation is 2. The second-order valence-electron chi connectivity index (χ2n) is 7.06. The Bertz CT molecular complexity index is 1160. The zero-order chi connectivity index (χ0) is 21.1. The molecule has 4 rings (SSSR count). The van der Waals surface area contributed by atoms with Crippen molar-refractivity contribution in [3.63, 3.8) is 0 Å². The van der Waals surface area contributed by atoms with Crippen molar-refractivity contribution in [2.24, 2.45) is 0 Å². The zero-order valence-corrected chi connectivity index (χ0v) is 17.9. The van der Waals surface area contributed by atoms with E-state index in [-0.39, 0.29) is 12.5 Å². The summed E-state index contributed by atoms with van der Waals surface area (Å²) in [5, 5.41) is 3.78. The molecule has 0 spiro atoms. The average Bonchev–Trinajstić information content (AvgIpc) is 3.16. The lowest BCUT2D eigenvalue weighted by molar-refractivity contribution is -0.118. The van der Waals surface area contributed by atoms with E-state index >= 15 is 0 Å². The van der Waals surface area contributed by atoms with E-state index in [0.717, 1.165) is 31.9 Å².